The van der Waals surface area contributed by atoms with E-state index < -0.39 is 29.6 Å². The molecule has 3 rings (SSSR count). The monoisotopic (exact) mass is 355 g/mol. The third kappa shape index (κ3) is 3.13. The molecule has 6 nitrogen and oxygen atoms in total. The van der Waals surface area contributed by atoms with Crippen LogP contribution in [0, 0.1) is 5.82 Å². The Morgan fingerprint density at radius 1 is 1.32 bits per heavy atom. The molecule has 1 aromatic heterocycles. The van der Waals surface area contributed by atoms with Crippen molar-refractivity contribution in [2.45, 2.75) is 39.5 Å². The van der Waals surface area contributed by atoms with Gasteiger partial charge in [0.2, 0.25) is 11.5 Å². The van der Waals surface area contributed by atoms with E-state index in [1.54, 1.807) is 20.8 Å². The summed E-state index contributed by atoms with van der Waals surface area (Å²) in [5.41, 5.74) is -0.750. The number of hydrogen-bond acceptors (Lipinski definition) is 4. The number of ether oxygens (including phenoxy) is 2. The molecule has 0 spiro atoms. The molecule has 1 amide bonds. The molecule has 0 radical (unpaired) electrons. The number of aryl methyl sites for hydroxylation is 1. The summed E-state index contributed by atoms with van der Waals surface area (Å²) >= 11 is 0. The summed E-state index contributed by atoms with van der Waals surface area (Å²) in [6, 6.07) is 2.38. The molecular weight excluding hydrogens is 339 g/mol. The second kappa shape index (κ2) is 5.98. The summed E-state index contributed by atoms with van der Waals surface area (Å²) in [6.45, 7) is 5.21. The van der Waals surface area contributed by atoms with Crippen molar-refractivity contribution in [2.75, 3.05) is 5.32 Å². The van der Waals surface area contributed by atoms with Gasteiger partial charge in [-0.05, 0) is 19.1 Å². The third-order valence-electron chi connectivity index (χ3n) is 3.57. The zero-order valence-corrected chi connectivity index (χ0v) is 13.8. The van der Waals surface area contributed by atoms with Crippen LogP contribution in [0.15, 0.2) is 18.3 Å². The van der Waals surface area contributed by atoms with Gasteiger partial charge in [0.05, 0.1) is 11.3 Å². The lowest BCUT2D eigenvalue weighted by Gasteiger charge is -2.16. The van der Waals surface area contributed by atoms with E-state index in [0.29, 0.717) is 6.54 Å². The quantitative estimate of drug-likeness (QED) is 0.907. The van der Waals surface area contributed by atoms with Crippen molar-refractivity contribution in [1.29, 1.82) is 0 Å². The molecule has 0 saturated heterocycles. The topological polar surface area (TPSA) is 65.4 Å². The van der Waals surface area contributed by atoms with E-state index in [2.05, 4.69) is 10.4 Å². The largest absolute Gasteiger partial charge is 0.447 e. The predicted octanol–water partition coefficient (Wildman–Crippen LogP) is 3.74. The Bertz CT molecular complexity index is 834. The second-order valence-electron chi connectivity index (χ2n) is 5.90. The van der Waals surface area contributed by atoms with Crippen molar-refractivity contribution >= 4 is 11.6 Å². The molecule has 2 aromatic rings. The van der Waals surface area contributed by atoms with E-state index in [0.717, 1.165) is 6.07 Å². The average Bonchev–Trinajstić information content (AvgIpc) is 3.11. The summed E-state index contributed by atoms with van der Waals surface area (Å²) < 4.78 is 52.2. The molecule has 0 aliphatic carbocycles. The van der Waals surface area contributed by atoms with Gasteiger partial charge in [0, 0.05) is 26.6 Å². The summed E-state index contributed by atoms with van der Waals surface area (Å²) in [4.78, 5) is 12.4. The van der Waals surface area contributed by atoms with Gasteiger partial charge >= 0.3 is 0 Å². The van der Waals surface area contributed by atoms with Crippen LogP contribution in [-0.4, -0.2) is 21.5 Å². The molecule has 134 valence electrons. The molecule has 0 saturated carbocycles. The van der Waals surface area contributed by atoms with Gasteiger partial charge in [-0.15, -0.1) is 0 Å². The van der Waals surface area contributed by atoms with Gasteiger partial charge in [0.1, 0.15) is 5.69 Å². The number of nitrogens with one attached hydrogen (secondary N) is 1. The Morgan fingerprint density at radius 2 is 2.00 bits per heavy atom. The number of aromatic nitrogens is 2. The highest BCUT2D eigenvalue weighted by atomic mass is 19.3. The van der Waals surface area contributed by atoms with Crippen LogP contribution >= 0.6 is 0 Å². The minimum Gasteiger partial charge on any atom is -0.447 e. The zero-order valence-electron chi connectivity index (χ0n) is 13.8. The fourth-order valence-electron chi connectivity index (χ4n) is 2.47. The van der Waals surface area contributed by atoms with Crippen LogP contribution in [0.3, 0.4) is 0 Å². The molecule has 0 fully saturated rings. The fourth-order valence-corrected chi connectivity index (χ4v) is 2.47. The molecule has 25 heavy (non-hydrogen) atoms. The molecular formula is C16H16F3N3O3. The Morgan fingerprint density at radius 3 is 2.64 bits per heavy atom. The number of carbonyl (C=O) groups excluding carboxylic acids is 1. The lowest BCUT2D eigenvalue weighted by atomic mass is 10.2. The smallest absolute Gasteiger partial charge is 0.282 e. The first-order valence-corrected chi connectivity index (χ1v) is 7.59. The maximum atomic E-state index is 13.9. The number of halogens is 3. The number of anilines is 1. The van der Waals surface area contributed by atoms with Crippen LogP contribution in [0.4, 0.5) is 18.9 Å². The second-order valence-corrected chi connectivity index (χ2v) is 5.90. The van der Waals surface area contributed by atoms with Crippen LogP contribution in [-0.2, 0) is 6.54 Å². The van der Waals surface area contributed by atoms with Crippen LogP contribution in [0.5, 0.6) is 11.5 Å². The Labute approximate surface area is 141 Å². The van der Waals surface area contributed by atoms with Crippen molar-refractivity contribution in [3.63, 3.8) is 0 Å². The van der Waals surface area contributed by atoms with Crippen LogP contribution in [0.2, 0.25) is 0 Å². The van der Waals surface area contributed by atoms with Gasteiger partial charge in [-0.25, -0.2) is 13.2 Å². The minimum atomic E-state index is -2.90. The predicted molar refractivity (Wildman–Crippen MR) is 82.5 cm³/mol. The van der Waals surface area contributed by atoms with Crippen molar-refractivity contribution in [3.05, 3.63) is 35.4 Å². The first kappa shape index (κ1) is 17.1. The molecule has 2 heterocycles. The zero-order chi connectivity index (χ0) is 18.4. The van der Waals surface area contributed by atoms with Crippen molar-refractivity contribution in [3.8, 4) is 11.5 Å². The number of fused-ring (bicyclic) bond motifs is 1. The van der Waals surface area contributed by atoms with Gasteiger partial charge in [0.25, 0.3) is 12.3 Å². The molecule has 1 aromatic carbocycles. The summed E-state index contributed by atoms with van der Waals surface area (Å²) in [7, 11) is 0. The number of nitrogens with zero attached hydrogens (tertiary/aromatic N) is 2. The van der Waals surface area contributed by atoms with Crippen molar-refractivity contribution in [2.24, 2.45) is 0 Å². The number of amides is 1. The lowest BCUT2D eigenvalue weighted by molar-refractivity contribution is -0.0442. The summed E-state index contributed by atoms with van der Waals surface area (Å²) in [5, 5.41) is 6.15. The van der Waals surface area contributed by atoms with Gasteiger partial charge in [-0.1, -0.05) is 0 Å². The lowest BCUT2D eigenvalue weighted by Crippen LogP contribution is -2.30. The standard InChI is InChI=1S/C16H16F3N3O3/c1-4-22-7-8(11(21-22)14(18)19)15(23)20-10-6-5-9(17)12-13(10)25-16(2,3)24-12/h5-7,14H,4H2,1-3H3,(H,20,23). The molecule has 1 aliphatic rings. The van der Waals surface area contributed by atoms with Gasteiger partial charge in [-0.2, -0.15) is 5.10 Å². The third-order valence-corrected chi connectivity index (χ3v) is 3.57. The van der Waals surface area contributed by atoms with Crippen LogP contribution < -0.4 is 14.8 Å². The number of alkyl halides is 2. The van der Waals surface area contributed by atoms with E-state index in [4.69, 9.17) is 9.47 Å². The Hall–Kier alpha value is -2.71. The van der Waals surface area contributed by atoms with Crippen LogP contribution in [0.1, 0.15) is 43.2 Å². The Balaban J connectivity index is 1.94. The van der Waals surface area contributed by atoms with E-state index in [-0.39, 0.29) is 22.7 Å². The van der Waals surface area contributed by atoms with E-state index in [1.165, 1.54) is 16.9 Å². The minimum absolute atomic E-state index is 0.0137. The fraction of sp³-hybridized carbons (Fsp3) is 0.375. The van der Waals surface area contributed by atoms with E-state index >= 15 is 0 Å². The first-order chi connectivity index (χ1) is 11.7. The van der Waals surface area contributed by atoms with Crippen molar-refractivity contribution in [1.82, 2.24) is 9.78 Å². The SMILES string of the molecule is CCn1cc(C(=O)Nc2ccc(F)c3c2OC(C)(C)O3)c(C(F)F)n1. The number of benzene rings is 1. The Kier molecular flexibility index (Phi) is 4.09. The number of rotatable bonds is 4. The highest BCUT2D eigenvalue weighted by Crippen LogP contribution is 2.46. The highest BCUT2D eigenvalue weighted by molar-refractivity contribution is 6.06. The normalized spacial score (nSPS) is 14.8. The summed E-state index contributed by atoms with van der Waals surface area (Å²) in [6.07, 6.45) is -1.66. The van der Waals surface area contributed by atoms with Gasteiger partial charge in [0.15, 0.2) is 11.6 Å². The molecule has 0 bridgehead atoms. The molecule has 9 heteroatoms. The molecule has 1 aliphatic heterocycles. The molecule has 0 unspecified atom stereocenters. The first-order valence-electron chi connectivity index (χ1n) is 7.59. The molecule has 1 N–H and O–H groups in total. The maximum Gasteiger partial charge on any atom is 0.282 e. The van der Waals surface area contributed by atoms with Gasteiger partial charge < -0.3 is 14.8 Å². The number of carbonyl (C=O) groups is 1. The maximum absolute atomic E-state index is 13.9. The van der Waals surface area contributed by atoms with Crippen molar-refractivity contribution < 1.29 is 27.4 Å². The molecule has 0 atom stereocenters. The van der Waals surface area contributed by atoms with E-state index in [1.807, 2.05) is 0 Å². The highest BCUT2D eigenvalue weighted by Gasteiger charge is 2.36. The van der Waals surface area contributed by atoms with E-state index in [9.17, 15) is 18.0 Å². The summed E-state index contributed by atoms with van der Waals surface area (Å²) in [5.74, 6) is -2.67. The average molecular weight is 355 g/mol. The van der Waals surface area contributed by atoms with Crippen LogP contribution in [0.25, 0.3) is 0 Å². The van der Waals surface area contributed by atoms with Gasteiger partial charge in [-0.3, -0.25) is 9.48 Å². The number of hydrogen-bond donors (Lipinski definition) is 1.